The van der Waals surface area contributed by atoms with E-state index in [2.05, 4.69) is 0 Å². The van der Waals surface area contributed by atoms with E-state index in [0.29, 0.717) is 0 Å². The van der Waals surface area contributed by atoms with Crippen molar-refractivity contribution in [1.29, 1.82) is 0 Å². The van der Waals surface area contributed by atoms with Crippen LogP contribution in [0.2, 0.25) is 0 Å². The van der Waals surface area contributed by atoms with Gasteiger partial charge in [0.2, 0.25) is 0 Å². The molecule has 0 amide bonds. The van der Waals surface area contributed by atoms with Crippen LogP contribution in [0.15, 0.2) is 30.3 Å². The van der Waals surface area contributed by atoms with Crippen LogP contribution in [0.5, 0.6) is 0 Å². The van der Waals surface area contributed by atoms with Crippen LogP contribution in [0, 0.1) is 0 Å². The average Bonchev–Trinajstić information content (AvgIpc) is 2.25. The van der Waals surface area contributed by atoms with Gasteiger partial charge in [0.15, 0.2) is 0 Å². The Morgan fingerprint density at radius 2 is 1.33 bits per heavy atom. The van der Waals surface area contributed by atoms with Crippen LogP contribution < -0.4 is 0 Å². The predicted octanol–water partition coefficient (Wildman–Crippen LogP) is 3.23. The summed E-state index contributed by atoms with van der Waals surface area (Å²) in [5.74, 6) is 0. The largest absolute Gasteiger partial charge is 0.392 e. The summed E-state index contributed by atoms with van der Waals surface area (Å²) in [6.07, 6.45) is 0. The zero-order chi connectivity index (χ0) is 9.82. The Bertz CT molecular complexity index is 146. The van der Waals surface area contributed by atoms with Gasteiger partial charge in [-0.1, -0.05) is 58.0 Å². The molecule has 0 aliphatic rings. The first-order chi connectivity index (χ1) is 5.93. The van der Waals surface area contributed by atoms with Gasteiger partial charge in [0.1, 0.15) is 0 Å². The highest BCUT2D eigenvalue weighted by Gasteiger charge is 1.81. The predicted molar refractivity (Wildman–Crippen MR) is 55.1 cm³/mol. The van der Waals surface area contributed by atoms with E-state index in [1.54, 1.807) is 0 Å². The summed E-state index contributed by atoms with van der Waals surface area (Å²) < 4.78 is 0. The van der Waals surface area contributed by atoms with E-state index in [0.717, 1.165) is 5.56 Å². The van der Waals surface area contributed by atoms with Gasteiger partial charge in [-0.2, -0.15) is 0 Å². The molecule has 1 rings (SSSR count). The molecular weight excluding hydrogens is 148 g/mol. The van der Waals surface area contributed by atoms with Crippen molar-refractivity contribution in [2.24, 2.45) is 0 Å². The first-order valence-corrected chi connectivity index (χ1v) is 4.58. The van der Waals surface area contributed by atoms with E-state index < -0.39 is 0 Å². The van der Waals surface area contributed by atoms with Gasteiger partial charge in [-0.3, -0.25) is 0 Å². The van der Waals surface area contributed by atoms with Crippen LogP contribution in [0.25, 0.3) is 0 Å². The molecule has 1 aromatic rings. The van der Waals surface area contributed by atoms with Crippen LogP contribution in [0.1, 0.15) is 33.3 Å². The van der Waals surface area contributed by atoms with Crippen molar-refractivity contribution in [3.05, 3.63) is 35.9 Å². The summed E-state index contributed by atoms with van der Waals surface area (Å²) in [6.45, 7) is 8.14. The van der Waals surface area contributed by atoms with Crippen LogP contribution in [-0.4, -0.2) is 5.11 Å². The molecule has 0 aliphatic heterocycles. The van der Waals surface area contributed by atoms with Crippen molar-refractivity contribution < 1.29 is 5.11 Å². The maximum absolute atomic E-state index is 8.54. The zero-order valence-corrected chi connectivity index (χ0v) is 8.54. The van der Waals surface area contributed by atoms with Gasteiger partial charge >= 0.3 is 0 Å². The lowest BCUT2D eigenvalue weighted by atomic mass is 10.2. The highest BCUT2D eigenvalue weighted by Crippen LogP contribution is 1.95. The second kappa shape index (κ2) is 12.8. The third-order valence-corrected chi connectivity index (χ3v) is 1.03. The fourth-order valence-electron chi connectivity index (χ4n) is 0.583. The lowest BCUT2D eigenvalue weighted by Gasteiger charge is -1.89. The molecule has 0 heterocycles. The Labute approximate surface area is 76.1 Å². The van der Waals surface area contributed by atoms with Crippen molar-refractivity contribution in [2.75, 3.05) is 0 Å². The van der Waals surface area contributed by atoms with Gasteiger partial charge in [0.25, 0.3) is 0 Å². The van der Waals surface area contributed by atoms with Gasteiger partial charge < -0.3 is 5.11 Å². The van der Waals surface area contributed by atoms with Gasteiger partial charge in [-0.25, -0.2) is 0 Å². The van der Waals surface area contributed by atoms with Crippen molar-refractivity contribution in [3.8, 4) is 0 Å². The molecule has 0 aromatic heterocycles. The van der Waals surface area contributed by atoms with Crippen LogP contribution in [-0.2, 0) is 6.61 Å². The molecule has 0 fully saturated rings. The standard InChI is InChI=1S/C7H8O.2C2H6/c8-6-7-4-2-1-3-5-7;2*1-2/h1-5,8H,6H2;2*1-2H3. The average molecular weight is 168 g/mol. The van der Waals surface area contributed by atoms with Gasteiger partial charge in [-0.15, -0.1) is 0 Å². The molecule has 1 aromatic carbocycles. The summed E-state index contributed by atoms with van der Waals surface area (Å²) in [5, 5.41) is 8.54. The SMILES string of the molecule is CC.CC.OCc1ccccc1. The van der Waals surface area contributed by atoms with Crippen molar-refractivity contribution >= 4 is 0 Å². The first kappa shape index (κ1) is 13.7. The molecule has 1 N–H and O–H groups in total. The first-order valence-electron chi connectivity index (χ1n) is 4.58. The third-order valence-electron chi connectivity index (χ3n) is 1.03. The lowest BCUT2D eigenvalue weighted by molar-refractivity contribution is 0.282. The molecule has 1 nitrogen and oxygen atoms in total. The normalized spacial score (nSPS) is 7.08. The van der Waals surface area contributed by atoms with Gasteiger partial charge in [-0.05, 0) is 5.56 Å². The maximum atomic E-state index is 8.54. The number of benzene rings is 1. The molecule has 0 aliphatic carbocycles. The van der Waals surface area contributed by atoms with Crippen LogP contribution in [0.3, 0.4) is 0 Å². The van der Waals surface area contributed by atoms with E-state index >= 15 is 0 Å². The molecule has 0 radical (unpaired) electrons. The minimum absolute atomic E-state index is 0.140. The molecule has 0 saturated carbocycles. The second-order valence-electron chi connectivity index (χ2n) is 1.64. The third kappa shape index (κ3) is 7.29. The molecule has 12 heavy (non-hydrogen) atoms. The second-order valence-corrected chi connectivity index (χ2v) is 1.64. The smallest absolute Gasteiger partial charge is 0.0681 e. The van der Waals surface area contributed by atoms with E-state index in [9.17, 15) is 0 Å². The van der Waals surface area contributed by atoms with E-state index in [1.165, 1.54) is 0 Å². The number of hydrogen-bond donors (Lipinski definition) is 1. The summed E-state index contributed by atoms with van der Waals surface area (Å²) in [5.41, 5.74) is 0.965. The topological polar surface area (TPSA) is 20.2 Å². The summed E-state index contributed by atoms with van der Waals surface area (Å²) in [7, 11) is 0. The highest BCUT2D eigenvalue weighted by atomic mass is 16.3. The maximum Gasteiger partial charge on any atom is 0.0681 e. The van der Waals surface area contributed by atoms with Crippen molar-refractivity contribution in [2.45, 2.75) is 34.3 Å². The minimum atomic E-state index is 0.140. The molecule has 0 saturated heterocycles. The van der Waals surface area contributed by atoms with E-state index in [1.807, 2.05) is 58.0 Å². The van der Waals surface area contributed by atoms with Gasteiger partial charge in [0, 0.05) is 0 Å². The molecule has 0 atom stereocenters. The number of hydrogen-bond acceptors (Lipinski definition) is 1. The number of rotatable bonds is 1. The highest BCUT2D eigenvalue weighted by molar-refractivity contribution is 5.12. The van der Waals surface area contributed by atoms with Crippen molar-refractivity contribution in [3.63, 3.8) is 0 Å². The van der Waals surface area contributed by atoms with E-state index in [4.69, 9.17) is 5.11 Å². The van der Waals surface area contributed by atoms with Crippen LogP contribution in [0.4, 0.5) is 0 Å². The lowest BCUT2D eigenvalue weighted by Crippen LogP contribution is -1.77. The zero-order valence-electron chi connectivity index (χ0n) is 8.54. The summed E-state index contributed by atoms with van der Waals surface area (Å²) in [6, 6.07) is 9.52. The number of aliphatic hydroxyl groups is 1. The Hall–Kier alpha value is -0.820. The fourth-order valence-corrected chi connectivity index (χ4v) is 0.583. The molecule has 0 unspecified atom stereocenters. The minimum Gasteiger partial charge on any atom is -0.392 e. The molecule has 1 heteroatoms. The Morgan fingerprint density at radius 3 is 1.58 bits per heavy atom. The Morgan fingerprint density at radius 1 is 0.917 bits per heavy atom. The molecular formula is C11H20O. The van der Waals surface area contributed by atoms with E-state index in [-0.39, 0.29) is 6.61 Å². The Kier molecular flexibility index (Phi) is 14.7. The van der Waals surface area contributed by atoms with Crippen LogP contribution >= 0.6 is 0 Å². The summed E-state index contributed by atoms with van der Waals surface area (Å²) >= 11 is 0. The summed E-state index contributed by atoms with van der Waals surface area (Å²) in [4.78, 5) is 0. The van der Waals surface area contributed by atoms with Crippen molar-refractivity contribution in [1.82, 2.24) is 0 Å². The molecule has 70 valence electrons. The fraction of sp³-hybridized carbons (Fsp3) is 0.455. The molecule has 0 spiro atoms. The Balaban J connectivity index is 0. The quantitative estimate of drug-likeness (QED) is 0.682. The monoisotopic (exact) mass is 168 g/mol. The van der Waals surface area contributed by atoms with Gasteiger partial charge in [0.05, 0.1) is 6.61 Å². The molecule has 0 bridgehead atoms. The number of aliphatic hydroxyl groups excluding tert-OH is 1.